The first kappa shape index (κ1) is 20.6. The number of imidazole rings is 1. The average Bonchev–Trinajstić information content (AvgIpc) is 3.04. The highest BCUT2D eigenvalue weighted by Crippen LogP contribution is 2.33. The standard InChI is InChI=1S/C21H18ClF3N4O/c1-29-18(13-6-5-7-14(12-13)21(23,24)25)28-16-17(22)26-15(27-19(16)29)8-11-20(30)9-3-2-4-10-20/h5-7,12,30H,2-4,9-10H2,1H3. The van der Waals surface area contributed by atoms with Gasteiger partial charge in [-0.15, -0.1) is 0 Å². The summed E-state index contributed by atoms with van der Waals surface area (Å²) in [7, 11) is 1.64. The van der Waals surface area contributed by atoms with Gasteiger partial charge in [0.25, 0.3) is 0 Å². The molecule has 0 spiro atoms. The van der Waals surface area contributed by atoms with Gasteiger partial charge in [-0.1, -0.05) is 36.1 Å². The van der Waals surface area contributed by atoms with Crippen LogP contribution in [0, 0.1) is 11.8 Å². The van der Waals surface area contributed by atoms with Gasteiger partial charge in [0.2, 0.25) is 5.82 Å². The van der Waals surface area contributed by atoms with E-state index in [9.17, 15) is 18.3 Å². The Kier molecular flexibility index (Phi) is 5.20. The number of halogens is 4. The third-order valence-corrected chi connectivity index (χ3v) is 5.48. The molecule has 156 valence electrons. The highest BCUT2D eigenvalue weighted by Gasteiger charge is 2.31. The maximum absolute atomic E-state index is 13.1. The molecule has 2 heterocycles. The number of alkyl halides is 3. The summed E-state index contributed by atoms with van der Waals surface area (Å²) in [4.78, 5) is 12.9. The van der Waals surface area contributed by atoms with Gasteiger partial charge in [0.15, 0.2) is 10.8 Å². The summed E-state index contributed by atoms with van der Waals surface area (Å²) in [5, 5.41) is 10.6. The lowest BCUT2D eigenvalue weighted by molar-refractivity contribution is -0.137. The zero-order valence-electron chi connectivity index (χ0n) is 16.1. The van der Waals surface area contributed by atoms with E-state index in [2.05, 4.69) is 26.8 Å². The van der Waals surface area contributed by atoms with E-state index < -0.39 is 17.3 Å². The molecule has 0 saturated heterocycles. The molecule has 0 amide bonds. The van der Waals surface area contributed by atoms with Crippen LogP contribution in [0.3, 0.4) is 0 Å². The van der Waals surface area contributed by atoms with E-state index in [1.807, 2.05) is 0 Å². The van der Waals surface area contributed by atoms with E-state index in [1.54, 1.807) is 11.6 Å². The van der Waals surface area contributed by atoms with Crippen molar-refractivity contribution in [1.29, 1.82) is 0 Å². The van der Waals surface area contributed by atoms with Gasteiger partial charge in [-0.25, -0.2) is 15.0 Å². The number of hydrogen-bond acceptors (Lipinski definition) is 4. The molecule has 1 N–H and O–H groups in total. The van der Waals surface area contributed by atoms with Crippen LogP contribution in [0.25, 0.3) is 22.6 Å². The van der Waals surface area contributed by atoms with Crippen LogP contribution < -0.4 is 0 Å². The largest absolute Gasteiger partial charge is 0.416 e. The molecule has 5 nitrogen and oxygen atoms in total. The zero-order chi connectivity index (χ0) is 21.5. The Morgan fingerprint density at radius 2 is 1.87 bits per heavy atom. The fourth-order valence-corrected chi connectivity index (χ4v) is 3.82. The number of fused-ring (bicyclic) bond motifs is 1. The van der Waals surface area contributed by atoms with Crippen LogP contribution in [0.5, 0.6) is 0 Å². The lowest BCUT2D eigenvalue weighted by Gasteiger charge is -2.26. The smallest absolute Gasteiger partial charge is 0.378 e. The third-order valence-electron chi connectivity index (χ3n) is 5.21. The highest BCUT2D eigenvalue weighted by molar-refractivity contribution is 6.33. The van der Waals surface area contributed by atoms with Crippen molar-refractivity contribution >= 4 is 22.8 Å². The van der Waals surface area contributed by atoms with Crippen LogP contribution >= 0.6 is 11.6 Å². The summed E-state index contributed by atoms with van der Waals surface area (Å²) in [6, 6.07) is 4.90. The van der Waals surface area contributed by atoms with Crippen LogP contribution in [-0.2, 0) is 13.2 Å². The van der Waals surface area contributed by atoms with Gasteiger partial charge in [-0.05, 0) is 43.7 Å². The van der Waals surface area contributed by atoms with Crippen LogP contribution in [0.15, 0.2) is 24.3 Å². The van der Waals surface area contributed by atoms with Crippen molar-refractivity contribution in [2.45, 2.75) is 43.9 Å². The zero-order valence-corrected chi connectivity index (χ0v) is 16.8. The molecule has 2 aromatic heterocycles. The molecule has 1 aromatic carbocycles. The van der Waals surface area contributed by atoms with Crippen molar-refractivity contribution in [1.82, 2.24) is 19.5 Å². The Morgan fingerprint density at radius 1 is 1.13 bits per heavy atom. The van der Waals surface area contributed by atoms with Crippen molar-refractivity contribution in [3.05, 3.63) is 40.8 Å². The second kappa shape index (κ2) is 7.56. The topological polar surface area (TPSA) is 63.8 Å². The molecule has 1 aliphatic carbocycles. The van der Waals surface area contributed by atoms with Crippen molar-refractivity contribution in [2.24, 2.45) is 7.05 Å². The monoisotopic (exact) mass is 434 g/mol. The highest BCUT2D eigenvalue weighted by atomic mass is 35.5. The molecule has 0 atom stereocenters. The van der Waals surface area contributed by atoms with Crippen LogP contribution in [0.4, 0.5) is 13.2 Å². The molecule has 9 heteroatoms. The number of aromatic nitrogens is 4. The third kappa shape index (κ3) is 4.00. The molecule has 1 aliphatic rings. The summed E-state index contributed by atoms with van der Waals surface area (Å²) < 4.78 is 40.8. The van der Waals surface area contributed by atoms with E-state index in [1.165, 1.54) is 12.1 Å². The molecule has 0 radical (unpaired) electrons. The number of aryl methyl sites for hydroxylation is 1. The fraction of sp³-hybridized carbons (Fsp3) is 0.381. The first-order valence-corrected chi connectivity index (χ1v) is 9.87. The number of aliphatic hydroxyl groups is 1. The summed E-state index contributed by atoms with van der Waals surface area (Å²) in [5.41, 5.74) is -0.920. The molecule has 0 unspecified atom stereocenters. The van der Waals surface area contributed by atoms with Crippen LogP contribution in [0.1, 0.15) is 43.5 Å². The SMILES string of the molecule is Cn1c(-c2cccc(C(F)(F)F)c2)nc2c(Cl)nc(C#CC3(O)CCCCC3)nc21. The Morgan fingerprint density at radius 3 is 2.57 bits per heavy atom. The van der Waals surface area contributed by atoms with E-state index >= 15 is 0 Å². The average molecular weight is 435 g/mol. The van der Waals surface area contributed by atoms with Gasteiger partial charge in [-0.2, -0.15) is 13.2 Å². The summed E-state index contributed by atoms with van der Waals surface area (Å²) in [6.07, 6.45) is -0.365. The second-order valence-electron chi connectivity index (χ2n) is 7.43. The summed E-state index contributed by atoms with van der Waals surface area (Å²) >= 11 is 6.26. The van der Waals surface area contributed by atoms with Gasteiger partial charge in [0.1, 0.15) is 16.9 Å². The molecule has 1 saturated carbocycles. The van der Waals surface area contributed by atoms with E-state index in [0.29, 0.717) is 18.5 Å². The predicted molar refractivity (Wildman–Crippen MR) is 107 cm³/mol. The molecule has 1 fully saturated rings. The number of nitrogens with zero attached hydrogens (tertiary/aromatic N) is 4. The van der Waals surface area contributed by atoms with Gasteiger partial charge in [-0.3, -0.25) is 0 Å². The Balaban J connectivity index is 1.76. The molecular weight excluding hydrogens is 417 g/mol. The van der Waals surface area contributed by atoms with Gasteiger partial charge >= 0.3 is 6.18 Å². The van der Waals surface area contributed by atoms with E-state index in [-0.39, 0.29) is 27.9 Å². The normalized spacial score (nSPS) is 16.3. The van der Waals surface area contributed by atoms with Crippen LogP contribution in [-0.4, -0.2) is 30.2 Å². The minimum absolute atomic E-state index is 0.0498. The maximum Gasteiger partial charge on any atom is 0.416 e. The lowest BCUT2D eigenvalue weighted by Crippen LogP contribution is -2.29. The summed E-state index contributed by atoms with van der Waals surface area (Å²) in [5.74, 6) is 6.06. The molecule has 3 aromatic rings. The Labute approximate surface area is 175 Å². The Bertz CT molecular complexity index is 1170. The quantitative estimate of drug-likeness (QED) is 0.443. The number of rotatable bonds is 1. The van der Waals surface area contributed by atoms with E-state index in [0.717, 1.165) is 31.4 Å². The lowest BCUT2D eigenvalue weighted by atomic mass is 9.85. The van der Waals surface area contributed by atoms with Gasteiger partial charge in [0.05, 0.1) is 5.56 Å². The van der Waals surface area contributed by atoms with Crippen molar-refractivity contribution in [2.75, 3.05) is 0 Å². The van der Waals surface area contributed by atoms with Crippen molar-refractivity contribution in [3.8, 4) is 23.2 Å². The molecule has 0 aliphatic heterocycles. The van der Waals surface area contributed by atoms with Crippen molar-refractivity contribution in [3.63, 3.8) is 0 Å². The fourth-order valence-electron chi connectivity index (χ4n) is 3.61. The molecule has 4 rings (SSSR count). The molecular formula is C21H18ClF3N4O. The van der Waals surface area contributed by atoms with Crippen molar-refractivity contribution < 1.29 is 18.3 Å². The number of hydrogen-bond donors (Lipinski definition) is 1. The first-order valence-electron chi connectivity index (χ1n) is 9.49. The second-order valence-corrected chi connectivity index (χ2v) is 7.78. The van der Waals surface area contributed by atoms with Gasteiger partial charge in [0, 0.05) is 12.6 Å². The van der Waals surface area contributed by atoms with Crippen LogP contribution in [0.2, 0.25) is 5.15 Å². The first-order chi connectivity index (χ1) is 14.2. The van der Waals surface area contributed by atoms with E-state index in [4.69, 9.17) is 11.6 Å². The summed E-state index contributed by atoms with van der Waals surface area (Å²) in [6.45, 7) is 0. The maximum atomic E-state index is 13.1. The predicted octanol–water partition coefficient (Wildman–Crippen LogP) is 4.75. The number of benzene rings is 1. The Hall–Kier alpha value is -2.63. The molecule has 30 heavy (non-hydrogen) atoms. The minimum atomic E-state index is -4.46. The molecule has 0 bridgehead atoms. The van der Waals surface area contributed by atoms with Gasteiger partial charge < -0.3 is 9.67 Å². The minimum Gasteiger partial charge on any atom is -0.378 e.